The van der Waals surface area contributed by atoms with Gasteiger partial charge in [0.05, 0.1) is 33.3 Å². The van der Waals surface area contributed by atoms with E-state index in [2.05, 4.69) is 228 Å². The molecule has 13 rings (SSSR count). The molecule has 0 fully saturated rings. The Morgan fingerprint density at radius 3 is 1.73 bits per heavy atom. The van der Waals surface area contributed by atoms with E-state index in [1.165, 1.54) is 54.3 Å². The summed E-state index contributed by atoms with van der Waals surface area (Å²) in [5, 5.41) is 10.5. The lowest BCUT2D eigenvalue weighted by molar-refractivity contribution is 1.02. The minimum atomic E-state index is 0.645. The van der Waals surface area contributed by atoms with Gasteiger partial charge in [0.25, 0.3) is 0 Å². The maximum atomic E-state index is 5.54. The lowest BCUT2D eigenvalue weighted by Crippen LogP contribution is -2.04. The smallest absolute Gasteiger partial charge is 0.235 e. The molecule has 3 aromatic heterocycles. The Kier molecular flexibility index (Phi) is 7.57. The Morgan fingerprint density at radius 1 is 0.306 bits per heavy atom. The minimum absolute atomic E-state index is 0.645. The lowest BCUT2D eigenvalue weighted by atomic mass is 9.93. The van der Waals surface area contributed by atoms with Gasteiger partial charge in [0.1, 0.15) is 0 Å². The minimum Gasteiger partial charge on any atom is -0.309 e. The third kappa shape index (κ3) is 5.20. The molecule has 0 amide bonds. The third-order valence-electron chi connectivity index (χ3n) is 12.7. The van der Waals surface area contributed by atoms with Gasteiger partial charge in [-0.15, -0.1) is 0 Å². The van der Waals surface area contributed by atoms with Crippen molar-refractivity contribution in [2.24, 2.45) is 0 Å². The van der Waals surface area contributed by atoms with Crippen molar-refractivity contribution in [1.29, 1.82) is 0 Å². The SMILES string of the molecule is c1ccc(-c2ccc(-n3c4ccccc4c4cc(-c5c6ccccc6cc6c7ccc8ccccc8c7n(-c7nc(-c8ccccc8)c8ccccc8n7)c56)ccc43)cc2)cc1. The molecular weight excluding hydrogens is 753 g/mol. The van der Waals surface area contributed by atoms with Crippen LogP contribution in [0.3, 0.4) is 0 Å². The summed E-state index contributed by atoms with van der Waals surface area (Å²) in [4.78, 5) is 11.0. The zero-order chi connectivity index (χ0) is 40.7. The topological polar surface area (TPSA) is 35.6 Å². The van der Waals surface area contributed by atoms with Crippen LogP contribution in [0, 0.1) is 0 Å². The van der Waals surface area contributed by atoms with Crippen molar-refractivity contribution in [3.05, 3.63) is 218 Å². The molecule has 0 spiro atoms. The molecule has 0 aliphatic carbocycles. The zero-order valence-corrected chi connectivity index (χ0v) is 33.6. The summed E-state index contributed by atoms with van der Waals surface area (Å²) in [6, 6.07) is 78.6. The van der Waals surface area contributed by atoms with E-state index in [0.717, 1.165) is 60.9 Å². The molecule has 62 heavy (non-hydrogen) atoms. The fraction of sp³-hybridized carbons (Fsp3) is 0. The number of fused-ring (bicyclic) bond motifs is 10. The van der Waals surface area contributed by atoms with Crippen LogP contribution in [0.5, 0.6) is 0 Å². The summed E-state index contributed by atoms with van der Waals surface area (Å²) in [6.45, 7) is 0. The number of hydrogen-bond acceptors (Lipinski definition) is 2. The van der Waals surface area contributed by atoms with Crippen LogP contribution in [0.1, 0.15) is 0 Å². The summed E-state index contributed by atoms with van der Waals surface area (Å²) in [6.07, 6.45) is 0. The van der Waals surface area contributed by atoms with Gasteiger partial charge >= 0.3 is 0 Å². The fourth-order valence-electron chi connectivity index (χ4n) is 9.91. The van der Waals surface area contributed by atoms with Gasteiger partial charge in [-0.05, 0) is 75.3 Å². The quantitative estimate of drug-likeness (QED) is 0.174. The van der Waals surface area contributed by atoms with E-state index in [4.69, 9.17) is 9.97 Å². The number of aromatic nitrogens is 4. The van der Waals surface area contributed by atoms with Crippen molar-refractivity contribution >= 4 is 76.1 Å². The molecular formula is C58H36N4. The largest absolute Gasteiger partial charge is 0.309 e. The second kappa shape index (κ2) is 13.6. The summed E-state index contributed by atoms with van der Waals surface area (Å²) in [7, 11) is 0. The maximum Gasteiger partial charge on any atom is 0.235 e. The van der Waals surface area contributed by atoms with E-state index in [0.29, 0.717) is 5.95 Å². The molecule has 4 nitrogen and oxygen atoms in total. The van der Waals surface area contributed by atoms with Crippen LogP contribution in [-0.4, -0.2) is 19.1 Å². The molecule has 0 unspecified atom stereocenters. The molecule has 0 bridgehead atoms. The van der Waals surface area contributed by atoms with Gasteiger partial charge in [0.2, 0.25) is 5.95 Å². The van der Waals surface area contributed by atoms with E-state index in [1.807, 2.05) is 0 Å². The van der Waals surface area contributed by atoms with Crippen molar-refractivity contribution in [2.75, 3.05) is 0 Å². The Morgan fingerprint density at radius 2 is 0.919 bits per heavy atom. The number of para-hydroxylation sites is 2. The first-order valence-electron chi connectivity index (χ1n) is 21.2. The average Bonchev–Trinajstić information content (AvgIpc) is 3.86. The number of nitrogens with zero attached hydrogens (tertiary/aromatic N) is 4. The van der Waals surface area contributed by atoms with Crippen LogP contribution in [0.2, 0.25) is 0 Å². The zero-order valence-electron chi connectivity index (χ0n) is 33.6. The highest BCUT2D eigenvalue weighted by Crippen LogP contribution is 2.46. The monoisotopic (exact) mass is 788 g/mol. The van der Waals surface area contributed by atoms with Gasteiger partial charge in [-0.1, -0.05) is 176 Å². The van der Waals surface area contributed by atoms with Crippen molar-refractivity contribution in [3.8, 4) is 45.1 Å². The Hall–Kier alpha value is -8.34. The standard InChI is InChI=1S/C58H36N4/c1-3-15-37(16-4-1)38-27-31-43(32-28-38)61-52-26-14-12-23-46(52)49-36-42(30-34-53(49)61)54-44-21-9-8-20-41(44)35-50-47-33-29-39-17-7-10-22-45(39)56(47)62(57(50)54)58-59-51-25-13-11-24-48(51)55(60-58)40-18-5-2-6-19-40/h1-36H. The highest BCUT2D eigenvalue weighted by atomic mass is 15.2. The van der Waals surface area contributed by atoms with Crippen LogP contribution in [0.4, 0.5) is 0 Å². The van der Waals surface area contributed by atoms with E-state index in [1.54, 1.807) is 0 Å². The second-order valence-corrected chi connectivity index (χ2v) is 16.1. The molecule has 3 heterocycles. The van der Waals surface area contributed by atoms with Crippen molar-refractivity contribution in [3.63, 3.8) is 0 Å². The summed E-state index contributed by atoms with van der Waals surface area (Å²) in [5.41, 5.74) is 13.2. The van der Waals surface area contributed by atoms with Crippen molar-refractivity contribution in [1.82, 2.24) is 19.1 Å². The van der Waals surface area contributed by atoms with Gasteiger partial charge < -0.3 is 4.57 Å². The summed E-state index contributed by atoms with van der Waals surface area (Å²) in [5.74, 6) is 0.645. The summed E-state index contributed by atoms with van der Waals surface area (Å²) < 4.78 is 4.76. The van der Waals surface area contributed by atoms with Crippen LogP contribution >= 0.6 is 0 Å². The van der Waals surface area contributed by atoms with E-state index in [9.17, 15) is 0 Å². The van der Waals surface area contributed by atoms with E-state index < -0.39 is 0 Å². The van der Waals surface area contributed by atoms with Gasteiger partial charge in [0, 0.05) is 49.1 Å². The maximum absolute atomic E-state index is 5.54. The van der Waals surface area contributed by atoms with Crippen LogP contribution in [0.25, 0.3) is 121 Å². The van der Waals surface area contributed by atoms with Crippen LogP contribution in [0.15, 0.2) is 218 Å². The number of rotatable bonds is 5. The molecule has 13 aromatic rings. The molecule has 0 aliphatic heterocycles. The first kappa shape index (κ1) is 34.5. The molecule has 0 N–H and O–H groups in total. The van der Waals surface area contributed by atoms with Crippen molar-refractivity contribution < 1.29 is 0 Å². The van der Waals surface area contributed by atoms with Crippen molar-refractivity contribution in [2.45, 2.75) is 0 Å². The molecule has 288 valence electrons. The van der Waals surface area contributed by atoms with E-state index in [-0.39, 0.29) is 0 Å². The fourth-order valence-corrected chi connectivity index (χ4v) is 9.91. The predicted molar refractivity (Wildman–Crippen MR) is 260 cm³/mol. The van der Waals surface area contributed by atoms with Gasteiger partial charge in [-0.3, -0.25) is 4.57 Å². The van der Waals surface area contributed by atoms with Crippen LogP contribution in [-0.2, 0) is 0 Å². The predicted octanol–water partition coefficient (Wildman–Crippen LogP) is 15.1. The molecule has 0 aliphatic rings. The third-order valence-corrected chi connectivity index (χ3v) is 12.7. The second-order valence-electron chi connectivity index (χ2n) is 16.1. The van der Waals surface area contributed by atoms with Gasteiger partial charge in [-0.2, -0.15) is 0 Å². The molecule has 0 radical (unpaired) electrons. The molecule has 0 saturated heterocycles. The average molecular weight is 789 g/mol. The highest BCUT2D eigenvalue weighted by molar-refractivity contribution is 6.26. The highest BCUT2D eigenvalue weighted by Gasteiger charge is 2.24. The Balaban J connectivity index is 1.14. The number of benzene rings is 10. The molecule has 0 saturated carbocycles. The van der Waals surface area contributed by atoms with Crippen LogP contribution < -0.4 is 0 Å². The summed E-state index contributed by atoms with van der Waals surface area (Å²) >= 11 is 0. The Bertz CT molecular complexity index is 3900. The first-order valence-corrected chi connectivity index (χ1v) is 21.2. The van der Waals surface area contributed by atoms with E-state index >= 15 is 0 Å². The Labute approximate surface area is 357 Å². The normalized spacial score (nSPS) is 11.9. The van der Waals surface area contributed by atoms with Gasteiger partial charge in [-0.25, -0.2) is 9.97 Å². The van der Waals surface area contributed by atoms with Gasteiger partial charge in [0.15, 0.2) is 0 Å². The molecule has 0 atom stereocenters. The number of hydrogen-bond donors (Lipinski definition) is 0. The molecule has 10 aromatic carbocycles. The lowest BCUT2D eigenvalue weighted by Gasteiger charge is -2.16. The molecule has 4 heteroatoms. The first-order chi connectivity index (χ1) is 30.8.